The fourth-order valence-corrected chi connectivity index (χ4v) is 9.80. The van der Waals surface area contributed by atoms with Gasteiger partial charge in [0.05, 0.1) is 16.8 Å². The van der Waals surface area contributed by atoms with Gasteiger partial charge in [0.1, 0.15) is 18.1 Å². The van der Waals surface area contributed by atoms with Crippen LogP contribution in [0.25, 0.3) is 0 Å². The molecule has 0 atom stereocenters. The molecule has 0 fully saturated rings. The van der Waals surface area contributed by atoms with Crippen molar-refractivity contribution in [2.45, 2.75) is 90.9 Å². The van der Waals surface area contributed by atoms with Gasteiger partial charge in [-0.25, -0.2) is 0 Å². The molecule has 0 unspecified atom stereocenters. The number of benzene rings is 5. The van der Waals surface area contributed by atoms with Crippen molar-refractivity contribution in [1.82, 2.24) is 5.32 Å². The van der Waals surface area contributed by atoms with Crippen LogP contribution < -0.4 is 19.9 Å². The standard InChI is InChI=1S/C59H66N6O2/c1-9-40-64-52-20-13-11-18-50(52)58(3,4)54(64)36-26-43-16-15-17-44(27-37-55-59(5,6)51-19-12-14-21-53(51)65(55)41-10-2)56(43)67-49-34-22-42(23-35-49)38-39-60-57(66)45-24-28-46(29-25-45)61-62-47-30-32-48(33-31-47)63(7)8/h11-14,18-37H,9-10,15-17,38-41H2,1-8H3/p+1. The molecular formula is C59H67N6O2+. The zero-order valence-corrected chi connectivity index (χ0v) is 40.8. The highest BCUT2D eigenvalue weighted by atomic mass is 16.5. The van der Waals surface area contributed by atoms with E-state index < -0.39 is 0 Å². The number of carbonyl (C=O) groups excluding carboxylic acids is 1. The average Bonchev–Trinajstić information content (AvgIpc) is 3.68. The molecule has 0 saturated carbocycles. The number of fused-ring (bicyclic) bond motifs is 2. The molecule has 0 saturated heterocycles. The Kier molecular flexibility index (Phi) is 14.2. The van der Waals surface area contributed by atoms with Crippen molar-refractivity contribution >= 4 is 40.1 Å². The SMILES string of the molecule is CCCN1/C(=C/C=C2\CCCC(/C=C/C3=[N+](CCC)c4ccccc4C3(C)C)=C2Oc2ccc(CCNC(=O)c3ccc(N=Nc4ccc(N(C)C)cc4)cc3)cc2)C(C)(C)c2ccccc21. The number of anilines is 2. The van der Waals surface area contributed by atoms with Gasteiger partial charge in [0, 0.05) is 79.4 Å². The number of allylic oxidation sites excluding steroid dienone is 7. The zero-order chi connectivity index (χ0) is 47.1. The van der Waals surface area contributed by atoms with Crippen LogP contribution in [-0.2, 0) is 17.3 Å². The predicted molar refractivity (Wildman–Crippen MR) is 277 cm³/mol. The lowest BCUT2D eigenvalue weighted by molar-refractivity contribution is -0.437. The van der Waals surface area contributed by atoms with Gasteiger partial charge < -0.3 is 19.9 Å². The molecule has 8 rings (SSSR count). The van der Waals surface area contributed by atoms with Gasteiger partial charge in [-0.15, -0.1) is 0 Å². The number of rotatable bonds is 16. The number of hydrogen-bond donors (Lipinski definition) is 1. The second-order valence-electron chi connectivity index (χ2n) is 19.2. The van der Waals surface area contributed by atoms with Gasteiger partial charge in [-0.3, -0.25) is 4.79 Å². The molecule has 3 aliphatic rings. The van der Waals surface area contributed by atoms with Crippen LogP contribution in [0.4, 0.5) is 28.4 Å². The fraction of sp³-hybridized carbons (Fsp3) is 0.322. The lowest BCUT2D eigenvalue weighted by atomic mass is 9.81. The Hall–Kier alpha value is -6.80. The number of nitrogens with zero attached hydrogens (tertiary/aromatic N) is 5. The Balaban J connectivity index is 1.01. The molecule has 8 heteroatoms. The van der Waals surface area contributed by atoms with Crippen LogP contribution in [-0.4, -0.2) is 49.9 Å². The van der Waals surface area contributed by atoms with E-state index in [2.05, 4.69) is 164 Å². The first kappa shape index (κ1) is 46.7. The highest BCUT2D eigenvalue weighted by molar-refractivity contribution is 6.03. The third kappa shape index (κ3) is 10.1. The molecule has 1 amide bonds. The lowest BCUT2D eigenvalue weighted by Crippen LogP contribution is -2.28. The van der Waals surface area contributed by atoms with E-state index in [-0.39, 0.29) is 16.7 Å². The Morgan fingerprint density at radius 3 is 2.12 bits per heavy atom. The molecule has 1 N–H and O–H groups in total. The summed E-state index contributed by atoms with van der Waals surface area (Å²) in [5.41, 5.74) is 14.4. The summed E-state index contributed by atoms with van der Waals surface area (Å²) in [4.78, 5) is 17.6. The van der Waals surface area contributed by atoms with E-state index in [0.29, 0.717) is 24.2 Å². The molecule has 0 bridgehead atoms. The summed E-state index contributed by atoms with van der Waals surface area (Å²) in [6.07, 6.45) is 15.1. The van der Waals surface area contributed by atoms with Gasteiger partial charge in [0.25, 0.3) is 5.91 Å². The molecule has 0 spiro atoms. The molecule has 0 aromatic heterocycles. The van der Waals surface area contributed by atoms with Gasteiger partial charge in [-0.2, -0.15) is 14.8 Å². The van der Waals surface area contributed by atoms with Gasteiger partial charge in [-0.1, -0.05) is 82.3 Å². The summed E-state index contributed by atoms with van der Waals surface area (Å²) in [5.74, 6) is 1.62. The highest BCUT2D eigenvalue weighted by Gasteiger charge is 2.44. The number of hydrogen-bond acceptors (Lipinski definition) is 6. The number of azo groups is 1. The summed E-state index contributed by atoms with van der Waals surface area (Å²) in [6.45, 7) is 16.4. The van der Waals surface area contributed by atoms with Crippen molar-refractivity contribution in [3.63, 3.8) is 0 Å². The Labute approximate surface area is 398 Å². The first-order valence-electron chi connectivity index (χ1n) is 24.2. The number of amides is 1. The Morgan fingerprint density at radius 1 is 0.761 bits per heavy atom. The molecule has 5 aromatic carbocycles. The number of nitrogens with one attached hydrogen (secondary N) is 1. The summed E-state index contributed by atoms with van der Waals surface area (Å²) < 4.78 is 9.53. The minimum Gasteiger partial charge on any atom is -0.457 e. The molecular weight excluding hydrogens is 825 g/mol. The largest absolute Gasteiger partial charge is 0.457 e. The smallest absolute Gasteiger partial charge is 0.251 e. The van der Waals surface area contributed by atoms with Crippen LogP contribution in [0.3, 0.4) is 0 Å². The minimum atomic E-state index is -0.125. The number of ether oxygens (including phenoxy) is 1. The number of carbonyl (C=O) groups is 1. The van der Waals surface area contributed by atoms with Crippen molar-refractivity contribution in [3.05, 3.63) is 190 Å². The number of para-hydroxylation sites is 2. The van der Waals surface area contributed by atoms with Crippen LogP contribution in [0, 0.1) is 0 Å². The van der Waals surface area contributed by atoms with E-state index in [1.165, 1.54) is 45.1 Å². The van der Waals surface area contributed by atoms with Crippen LogP contribution in [0.1, 0.15) is 101 Å². The van der Waals surface area contributed by atoms with E-state index in [1.54, 1.807) is 12.1 Å². The topological polar surface area (TPSA) is 72.5 Å². The molecule has 5 aromatic rings. The predicted octanol–water partition coefficient (Wildman–Crippen LogP) is 14.0. The first-order valence-corrected chi connectivity index (χ1v) is 24.2. The van der Waals surface area contributed by atoms with E-state index in [0.717, 1.165) is 73.6 Å². The van der Waals surface area contributed by atoms with Gasteiger partial charge in [-0.05, 0) is 147 Å². The highest BCUT2D eigenvalue weighted by Crippen LogP contribution is 2.48. The molecule has 2 heterocycles. The van der Waals surface area contributed by atoms with E-state index >= 15 is 0 Å². The second kappa shape index (κ2) is 20.4. The molecule has 0 radical (unpaired) electrons. The van der Waals surface area contributed by atoms with Gasteiger partial charge >= 0.3 is 0 Å². The van der Waals surface area contributed by atoms with Gasteiger partial charge in [0.15, 0.2) is 5.71 Å². The maximum absolute atomic E-state index is 13.1. The third-order valence-corrected chi connectivity index (χ3v) is 13.5. The van der Waals surface area contributed by atoms with Gasteiger partial charge in [0.2, 0.25) is 5.69 Å². The normalized spacial score (nSPS) is 17.5. The lowest BCUT2D eigenvalue weighted by Gasteiger charge is -2.27. The van der Waals surface area contributed by atoms with E-state index in [4.69, 9.17) is 4.74 Å². The molecule has 2 aliphatic heterocycles. The maximum atomic E-state index is 13.1. The van der Waals surface area contributed by atoms with Crippen LogP contribution in [0.2, 0.25) is 0 Å². The fourth-order valence-electron chi connectivity index (χ4n) is 9.80. The summed E-state index contributed by atoms with van der Waals surface area (Å²) in [6, 6.07) is 41.2. The third-order valence-electron chi connectivity index (χ3n) is 13.5. The molecule has 344 valence electrons. The molecule has 1 aliphatic carbocycles. The second-order valence-corrected chi connectivity index (χ2v) is 19.2. The monoisotopic (exact) mass is 892 g/mol. The van der Waals surface area contributed by atoms with Crippen molar-refractivity contribution < 1.29 is 14.1 Å². The molecule has 8 nitrogen and oxygen atoms in total. The summed E-state index contributed by atoms with van der Waals surface area (Å²) in [7, 11) is 4.01. The van der Waals surface area contributed by atoms with Crippen LogP contribution in [0.15, 0.2) is 178 Å². The Bertz CT molecular complexity index is 2770. The van der Waals surface area contributed by atoms with Crippen molar-refractivity contribution in [1.29, 1.82) is 0 Å². The first-order chi connectivity index (χ1) is 32.4. The minimum absolute atomic E-state index is 0.120. The maximum Gasteiger partial charge on any atom is 0.251 e. The van der Waals surface area contributed by atoms with Crippen molar-refractivity contribution in [3.8, 4) is 5.75 Å². The van der Waals surface area contributed by atoms with E-state index in [9.17, 15) is 4.79 Å². The Morgan fingerprint density at radius 2 is 1.43 bits per heavy atom. The average molecular weight is 892 g/mol. The van der Waals surface area contributed by atoms with Crippen molar-refractivity contribution in [2.75, 3.05) is 43.5 Å². The summed E-state index contributed by atoms with van der Waals surface area (Å²) in [5, 5.41) is 11.8. The van der Waals surface area contributed by atoms with Crippen LogP contribution in [0.5, 0.6) is 5.75 Å². The van der Waals surface area contributed by atoms with Crippen LogP contribution >= 0.6 is 0 Å². The zero-order valence-electron chi connectivity index (χ0n) is 40.8. The summed E-state index contributed by atoms with van der Waals surface area (Å²) >= 11 is 0. The quantitative estimate of drug-likeness (QED) is 0.0791. The molecule has 67 heavy (non-hydrogen) atoms. The van der Waals surface area contributed by atoms with E-state index in [1.807, 2.05) is 55.4 Å². The van der Waals surface area contributed by atoms with Crippen molar-refractivity contribution in [2.24, 2.45) is 10.2 Å².